The molecule has 0 saturated carbocycles. The maximum Gasteiger partial charge on any atom is 0.180 e. The first-order valence-electron chi connectivity index (χ1n) is 5.25. The van der Waals surface area contributed by atoms with Crippen LogP contribution in [-0.2, 0) is 24.7 Å². The Hall–Kier alpha value is -1.69. The number of anilines is 1. The Morgan fingerprint density at radius 1 is 1.53 bits per heavy atom. The molecule has 0 saturated heterocycles. The number of nitrogens with two attached hydrogens (primary N) is 1. The molecule has 0 aliphatic heterocycles. The molecule has 0 bridgehead atoms. The summed E-state index contributed by atoms with van der Waals surface area (Å²) in [5, 5.41) is 6.53. The largest absolute Gasteiger partial charge is 0.375 e. The third-order valence-electron chi connectivity index (χ3n) is 2.42. The quantitative estimate of drug-likeness (QED) is 0.882. The van der Waals surface area contributed by atoms with E-state index in [9.17, 15) is 4.79 Å². The Bertz CT molecular complexity index is 543. The van der Waals surface area contributed by atoms with Gasteiger partial charge in [-0.15, -0.1) is 11.3 Å². The molecule has 2 aromatic heterocycles. The van der Waals surface area contributed by atoms with Crippen LogP contribution in [-0.4, -0.2) is 20.5 Å². The molecule has 0 spiro atoms. The summed E-state index contributed by atoms with van der Waals surface area (Å²) < 4.78 is 1.74. The Balaban J connectivity index is 2.00. The highest BCUT2D eigenvalue weighted by atomic mass is 32.1. The van der Waals surface area contributed by atoms with Crippen molar-refractivity contribution in [2.75, 3.05) is 5.73 Å². The Labute approximate surface area is 103 Å². The summed E-state index contributed by atoms with van der Waals surface area (Å²) in [5.74, 6) is 0.123. The van der Waals surface area contributed by atoms with E-state index in [1.54, 1.807) is 4.68 Å². The molecule has 0 amide bonds. The zero-order valence-corrected chi connectivity index (χ0v) is 10.6. The van der Waals surface area contributed by atoms with E-state index in [0.29, 0.717) is 18.0 Å². The SMILES string of the molecule is Cc1cc(CC(=O)Cc2csc(N)n2)n(C)n1. The summed E-state index contributed by atoms with van der Waals surface area (Å²) in [7, 11) is 1.84. The molecule has 5 nitrogen and oxygen atoms in total. The molecule has 2 aromatic rings. The van der Waals surface area contributed by atoms with Crippen molar-refractivity contribution in [2.24, 2.45) is 7.05 Å². The summed E-state index contributed by atoms with van der Waals surface area (Å²) in [5.41, 5.74) is 8.11. The van der Waals surface area contributed by atoms with Gasteiger partial charge in [0.2, 0.25) is 0 Å². The highest BCUT2D eigenvalue weighted by Crippen LogP contribution is 2.12. The predicted molar refractivity (Wildman–Crippen MR) is 66.9 cm³/mol. The van der Waals surface area contributed by atoms with Gasteiger partial charge in [0.25, 0.3) is 0 Å². The van der Waals surface area contributed by atoms with E-state index < -0.39 is 0 Å². The van der Waals surface area contributed by atoms with Crippen LogP contribution in [0, 0.1) is 6.92 Å². The second-order valence-corrected chi connectivity index (χ2v) is 4.86. The minimum atomic E-state index is 0.123. The van der Waals surface area contributed by atoms with E-state index in [-0.39, 0.29) is 5.78 Å². The van der Waals surface area contributed by atoms with Gasteiger partial charge < -0.3 is 5.73 Å². The van der Waals surface area contributed by atoms with Crippen LogP contribution in [0.25, 0.3) is 0 Å². The molecule has 0 unspecified atom stereocenters. The number of carbonyl (C=O) groups excluding carboxylic acids is 1. The average Bonchev–Trinajstić information content (AvgIpc) is 2.74. The van der Waals surface area contributed by atoms with Crippen molar-refractivity contribution in [1.82, 2.24) is 14.8 Å². The molecule has 90 valence electrons. The molecule has 2 N–H and O–H groups in total. The summed E-state index contributed by atoms with van der Waals surface area (Å²) in [4.78, 5) is 15.9. The lowest BCUT2D eigenvalue weighted by molar-refractivity contribution is -0.117. The summed E-state index contributed by atoms with van der Waals surface area (Å²) >= 11 is 1.36. The summed E-state index contributed by atoms with van der Waals surface area (Å²) in [6.45, 7) is 1.91. The maximum atomic E-state index is 11.8. The minimum Gasteiger partial charge on any atom is -0.375 e. The van der Waals surface area contributed by atoms with Crippen LogP contribution in [0.15, 0.2) is 11.4 Å². The van der Waals surface area contributed by atoms with Crippen LogP contribution in [0.1, 0.15) is 17.1 Å². The molecule has 0 aliphatic carbocycles. The minimum absolute atomic E-state index is 0.123. The normalized spacial score (nSPS) is 10.7. The zero-order chi connectivity index (χ0) is 12.4. The van der Waals surface area contributed by atoms with Crippen LogP contribution in [0.2, 0.25) is 0 Å². The number of thiazole rings is 1. The number of ketones is 1. The molecule has 2 heterocycles. The molecule has 2 rings (SSSR count). The van der Waals surface area contributed by atoms with Crippen molar-refractivity contribution in [3.05, 3.63) is 28.5 Å². The summed E-state index contributed by atoms with van der Waals surface area (Å²) in [6.07, 6.45) is 0.715. The Morgan fingerprint density at radius 2 is 2.29 bits per heavy atom. The second-order valence-electron chi connectivity index (χ2n) is 3.97. The first kappa shape index (κ1) is 11.8. The number of aryl methyl sites for hydroxylation is 2. The van der Waals surface area contributed by atoms with Gasteiger partial charge in [-0.25, -0.2) is 4.98 Å². The highest BCUT2D eigenvalue weighted by molar-refractivity contribution is 7.13. The average molecular weight is 250 g/mol. The van der Waals surface area contributed by atoms with Crippen LogP contribution in [0.4, 0.5) is 5.13 Å². The number of rotatable bonds is 4. The molecule has 6 heteroatoms. The zero-order valence-electron chi connectivity index (χ0n) is 9.80. The van der Waals surface area contributed by atoms with Crippen LogP contribution < -0.4 is 5.73 Å². The van der Waals surface area contributed by atoms with E-state index >= 15 is 0 Å². The topological polar surface area (TPSA) is 73.8 Å². The monoisotopic (exact) mass is 250 g/mol. The fourth-order valence-electron chi connectivity index (χ4n) is 1.70. The van der Waals surface area contributed by atoms with E-state index in [4.69, 9.17) is 5.73 Å². The summed E-state index contributed by atoms with van der Waals surface area (Å²) in [6, 6.07) is 1.92. The van der Waals surface area contributed by atoms with Crippen LogP contribution >= 0.6 is 11.3 Å². The van der Waals surface area contributed by atoms with E-state index in [1.165, 1.54) is 11.3 Å². The molecule has 0 fully saturated rings. The number of nitrogens with zero attached hydrogens (tertiary/aromatic N) is 3. The highest BCUT2D eigenvalue weighted by Gasteiger charge is 2.11. The molecule has 0 radical (unpaired) electrons. The third-order valence-corrected chi connectivity index (χ3v) is 3.15. The maximum absolute atomic E-state index is 11.8. The van der Waals surface area contributed by atoms with Gasteiger partial charge in [0, 0.05) is 24.5 Å². The lowest BCUT2D eigenvalue weighted by Gasteiger charge is -1.99. The first-order chi connectivity index (χ1) is 8.04. The molecular formula is C11H14N4OS. The Kier molecular flexibility index (Phi) is 3.23. The van der Waals surface area contributed by atoms with Crippen molar-refractivity contribution >= 4 is 22.3 Å². The molecule has 17 heavy (non-hydrogen) atoms. The van der Waals surface area contributed by atoms with Crippen molar-refractivity contribution in [3.63, 3.8) is 0 Å². The standard InChI is InChI=1S/C11H14N4OS/c1-7-3-9(15(2)14-7)5-10(16)4-8-6-17-11(12)13-8/h3,6H,4-5H2,1-2H3,(H2,12,13). The number of Topliss-reactive ketones (excluding diaryl/α,β-unsaturated/α-hetero) is 1. The van der Waals surface area contributed by atoms with Crippen molar-refractivity contribution in [1.29, 1.82) is 0 Å². The van der Waals surface area contributed by atoms with E-state index in [2.05, 4.69) is 10.1 Å². The number of aromatic nitrogens is 3. The molecule has 0 aromatic carbocycles. The van der Waals surface area contributed by atoms with Gasteiger partial charge in [0.05, 0.1) is 17.8 Å². The Morgan fingerprint density at radius 3 is 2.82 bits per heavy atom. The van der Waals surface area contributed by atoms with Gasteiger partial charge in [-0.2, -0.15) is 5.10 Å². The van der Waals surface area contributed by atoms with Gasteiger partial charge in [-0.1, -0.05) is 0 Å². The van der Waals surface area contributed by atoms with Crippen molar-refractivity contribution < 1.29 is 4.79 Å². The molecule has 0 atom stereocenters. The fraction of sp³-hybridized carbons (Fsp3) is 0.364. The predicted octanol–water partition coefficient (Wildman–Crippen LogP) is 1.12. The number of nitrogen functional groups attached to an aromatic ring is 1. The fourth-order valence-corrected chi connectivity index (χ4v) is 2.26. The number of hydrogen-bond acceptors (Lipinski definition) is 5. The van der Waals surface area contributed by atoms with Gasteiger partial charge >= 0.3 is 0 Å². The van der Waals surface area contributed by atoms with Gasteiger partial charge in [0.1, 0.15) is 5.78 Å². The van der Waals surface area contributed by atoms with Gasteiger partial charge in [0.15, 0.2) is 5.13 Å². The van der Waals surface area contributed by atoms with Gasteiger partial charge in [-0.05, 0) is 13.0 Å². The van der Waals surface area contributed by atoms with E-state index in [0.717, 1.165) is 17.1 Å². The van der Waals surface area contributed by atoms with Crippen molar-refractivity contribution in [3.8, 4) is 0 Å². The second kappa shape index (κ2) is 4.67. The lowest BCUT2D eigenvalue weighted by atomic mass is 10.1. The lowest BCUT2D eigenvalue weighted by Crippen LogP contribution is -2.10. The van der Waals surface area contributed by atoms with Gasteiger partial charge in [-0.3, -0.25) is 9.48 Å². The number of hydrogen-bond donors (Lipinski definition) is 1. The van der Waals surface area contributed by atoms with Crippen LogP contribution in [0.3, 0.4) is 0 Å². The molecular weight excluding hydrogens is 236 g/mol. The molecule has 0 aliphatic rings. The third kappa shape index (κ3) is 2.91. The first-order valence-corrected chi connectivity index (χ1v) is 6.13. The number of carbonyl (C=O) groups is 1. The van der Waals surface area contributed by atoms with Crippen LogP contribution in [0.5, 0.6) is 0 Å². The van der Waals surface area contributed by atoms with Crippen molar-refractivity contribution in [2.45, 2.75) is 19.8 Å². The smallest absolute Gasteiger partial charge is 0.180 e. The van der Waals surface area contributed by atoms with E-state index in [1.807, 2.05) is 25.4 Å².